The van der Waals surface area contributed by atoms with Gasteiger partial charge in [-0.05, 0) is 138 Å². The van der Waals surface area contributed by atoms with E-state index in [2.05, 4.69) is 64.8 Å². The standard InChI is InChI=1S/C43H65FN2O4S/c1-29(28-44)39(4)18-20-43(45-22-23-46-24-26-51(49,50)27-25-46)21-19-41(6)33(36(39)43)12-13-35-40(5)16-14-32(30-8-10-31(11-9-30)37(47)48)38(2,3)34(40)15-17-42(35,41)7/h8-11,14,29,33-36,45H,12-13,15-28H2,1-7H3,(H,47,48)/t29?,33-,34+,35-,36+,39+,40+,41-,42-,43+/m1/s1. The minimum absolute atomic E-state index is 0.00910. The molecule has 1 unspecified atom stereocenters. The van der Waals surface area contributed by atoms with Crippen molar-refractivity contribution in [3.8, 4) is 0 Å². The molecule has 0 aromatic heterocycles. The van der Waals surface area contributed by atoms with Gasteiger partial charge in [0.15, 0.2) is 9.84 Å². The Morgan fingerprint density at radius 3 is 2.24 bits per heavy atom. The van der Waals surface area contributed by atoms with Gasteiger partial charge in [0.05, 0.1) is 23.7 Å². The summed E-state index contributed by atoms with van der Waals surface area (Å²) in [6.07, 6.45) is 12.9. The summed E-state index contributed by atoms with van der Waals surface area (Å²) in [6.45, 7) is 20.1. The molecule has 1 aromatic carbocycles. The Bertz CT molecular complexity index is 1650. The highest BCUT2D eigenvalue weighted by molar-refractivity contribution is 7.91. The Kier molecular flexibility index (Phi) is 9.31. The van der Waals surface area contributed by atoms with Gasteiger partial charge in [-0.1, -0.05) is 66.7 Å². The van der Waals surface area contributed by atoms with Crippen LogP contribution in [0.15, 0.2) is 30.3 Å². The molecule has 1 saturated heterocycles. The van der Waals surface area contributed by atoms with Crippen molar-refractivity contribution in [2.24, 2.45) is 56.7 Å². The quantitative estimate of drug-likeness (QED) is 0.280. The highest BCUT2D eigenvalue weighted by Crippen LogP contribution is 2.77. The summed E-state index contributed by atoms with van der Waals surface area (Å²) in [5.41, 5.74) is 3.32. The monoisotopic (exact) mass is 724 g/mol. The van der Waals surface area contributed by atoms with Crippen LogP contribution in [0.2, 0.25) is 0 Å². The summed E-state index contributed by atoms with van der Waals surface area (Å²) in [5, 5.41) is 13.7. The minimum atomic E-state index is -2.90. The van der Waals surface area contributed by atoms with E-state index in [-0.39, 0.29) is 56.7 Å². The fraction of sp³-hybridized carbons (Fsp3) is 0.791. The summed E-state index contributed by atoms with van der Waals surface area (Å²) in [5.74, 6) is 1.78. The largest absolute Gasteiger partial charge is 0.478 e. The first-order valence-electron chi connectivity index (χ1n) is 20.2. The Labute approximate surface area is 307 Å². The molecule has 5 fully saturated rings. The molecule has 4 saturated carbocycles. The van der Waals surface area contributed by atoms with Crippen molar-refractivity contribution in [3.05, 3.63) is 41.5 Å². The number of fused-ring (bicyclic) bond motifs is 7. The minimum Gasteiger partial charge on any atom is -0.478 e. The molecular formula is C43H65FN2O4S. The number of sulfone groups is 1. The maximum atomic E-state index is 14.8. The zero-order chi connectivity index (χ0) is 36.8. The van der Waals surface area contributed by atoms with Crippen LogP contribution in [-0.4, -0.2) is 74.3 Å². The molecule has 10 atom stereocenters. The molecule has 7 rings (SSSR count). The first-order chi connectivity index (χ1) is 23.9. The van der Waals surface area contributed by atoms with Gasteiger partial charge in [-0.3, -0.25) is 4.39 Å². The van der Waals surface area contributed by atoms with Crippen LogP contribution < -0.4 is 5.32 Å². The van der Waals surface area contributed by atoms with Crippen molar-refractivity contribution >= 4 is 21.4 Å². The highest BCUT2D eigenvalue weighted by atomic mass is 32.2. The lowest BCUT2D eigenvalue weighted by atomic mass is 9.32. The fourth-order valence-corrected chi connectivity index (χ4v) is 15.6. The average molecular weight is 725 g/mol. The fourth-order valence-electron chi connectivity index (χ4n) is 14.4. The molecule has 0 amide bonds. The Morgan fingerprint density at radius 1 is 0.922 bits per heavy atom. The summed E-state index contributed by atoms with van der Waals surface area (Å²) < 4.78 is 38.9. The lowest BCUT2D eigenvalue weighted by Gasteiger charge is -2.73. The zero-order valence-electron chi connectivity index (χ0n) is 32.5. The number of nitrogens with one attached hydrogen (secondary N) is 1. The van der Waals surface area contributed by atoms with E-state index in [1.54, 1.807) is 12.1 Å². The summed E-state index contributed by atoms with van der Waals surface area (Å²) in [4.78, 5) is 13.9. The number of alkyl halides is 1. The first-order valence-corrected chi connectivity index (χ1v) is 22.0. The molecule has 0 spiro atoms. The maximum Gasteiger partial charge on any atom is 0.335 e. The second-order valence-corrected chi connectivity index (χ2v) is 22.0. The first kappa shape index (κ1) is 37.5. The van der Waals surface area contributed by atoms with Crippen LogP contribution in [0.1, 0.15) is 122 Å². The van der Waals surface area contributed by atoms with Gasteiger partial charge >= 0.3 is 5.97 Å². The zero-order valence-corrected chi connectivity index (χ0v) is 33.3. The lowest BCUT2D eigenvalue weighted by molar-refractivity contribution is -0.227. The average Bonchev–Trinajstić information content (AvgIpc) is 3.38. The van der Waals surface area contributed by atoms with Crippen molar-refractivity contribution in [3.63, 3.8) is 0 Å². The van der Waals surface area contributed by atoms with Crippen LogP contribution in [0.5, 0.6) is 0 Å². The van der Waals surface area contributed by atoms with Crippen molar-refractivity contribution in [2.45, 2.75) is 112 Å². The van der Waals surface area contributed by atoms with E-state index >= 15 is 0 Å². The van der Waals surface area contributed by atoms with E-state index in [4.69, 9.17) is 0 Å². The molecule has 1 aromatic rings. The van der Waals surface area contributed by atoms with Crippen LogP contribution in [0.4, 0.5) is 4.39 Å². The molecule has 6 aliphatic rings. The number of carboxylic acids is 1. The number of aromatic carboxylic acids is 1. The van der Waals surface area contributed by atoms with E-state index in [0.717, 1.165) is 44.3 Å². The predicted octanol–water partition coefficient (Wildman–Crippen LogP) is 8.53. The predicted molar refractivity (Wildman–Crippen MR) is 204 cm³/mol. The molecule has 284 valence electrons. The number of allylic oxidation sites excluding steroid dienone is 2. The number of hydrogen-bond acceptors (Lipinski definition) is 5. The van der Waals surface area contributed by atoms with Gasteiger partial charge in [0, 0.05) is 31.7 Å². The summed E-state index contributed by atoms with van der Waals surface area (Å²) in [7, 11) is -2.90. The van der Waals surface area contributed by atoms with E-state index < -0.39 is 15.8 Å². The van der Waals surface area contributed by atoms with E-state index in [1.807, 2.05) is 12.1 Å². The number of rotatable bonds is 8. The number of benzene rings is 1. The van der Waals surface area contributed by atoms with Crippen molar-refractivity contribution in [2.75, 3.05) is 44.4 Å². The molecular weight excluding hydrogens is 660 g/mol. The van der Waals surface area contributed by atoms with Crippen LogP contribution in [-0.2, 0) is 9.84 Å². The van der Waals surface area contributed by atoms with Crippen LogP contribution in [0.3, 0.4) is 0 Å². The van der Waals surface area contributed by atoms with Crippen molar-refractivity contribution in [1.29, 1.82) is 0 Å². The van der Waals surface area contributed by atoms with E-state index in [9.17, 15) is 22.7 Å². The van der Waals surface area contributed by atoms with E-state index in [1.165, 1.54) is 37.7 Å². The molecule has 0 bridgehead atoms. The third-order valence-electron chi connectivity index (χ3n) is 17.6. The smallest absolute Gasteiger partial charge is 0.335 e. The van der Waals surface area contributed by atoms with Gasteiger partial charge in [-0.15, -0.1) is 0 Å². The molecule has 8 heteroatoms. The van der Waals surface area contributed by atoms with E-state index in [0.29, 0.717) is 42.3 Å². The highest BCUT2D eigenvalue weighted by Gasteiger charge is 2.72. The normalized spacial score (nSPS) is 43.6. The number of carboxylic acid groups (broad SMARTS) is 1. The van der Waals surface area contributed by atoms with Crippen molar-refractivity contribution in [1.82, 2.24) is 10.2 Å². The number of hydrogen-bond donors (Lipinski definition) is 2. The third kappa shape index (κ3) is 5.64. The van der Waals surface area contributed by atoms with Gasteiger partial charge in [-0.25, -0.2) is 13.2 Å². The Balaban J connectivity index is 1.17. The SMILES string of the molecule is CC(CF)[C@]1(C)CC[C@]2(NCCN3CCS(=O)(=O)CC3)CC[C@]3(C)[C@H](CC[C@@H]4[C@@]5(C)CC=C(c6ccc(C(=O)O)cc6)C(C)(C)[C@@H]5CC[C@]43C)[C@H]21. The number of nitrogens with zero attached hydrogens (tertiary/aromatic N) is 1. The molecule has 0 radical (unpaired) electrons. The van der Waals surface area contributed by atoms with Gasteiger partial charge < -0.3 is 15.3 Å². The summed E-state index contributed by atoms with van der Waals surface area (Å²) >= 11 is 0. The van der Waals surface area contributed by atoms with Crippen LogP contribution >= 0.6 is 0 Å². The molecule has 2 N–H and O–H groups in total. The lowest BCUT2D eigenvalue weighted by Crippen LogP contribution is -2.69. The summed E-state index contributed by atoms with van der Waals surface area (Å²) in [6, 6.07) is 7.52. The second-order valence-electron chi connectivity index (χ2n) is 19.7. The topological polar surface area (TPSA) is 86.7 Å². The maximum absolute atomic E-state index is 14.8. The van der Waals surface area contributed by atoms with Gasteiger partial charge in [-0.2, -0.15) is 0 Å². The van der Waals surface area contributed by atoms with Crippen LogP contribution in [0, 0.1) is 56.7 Å². The number of halogens is 1. The van der Waals surface area contributed by atoms with Gasteiger partial charge in [0.2, 0.25) is 0 Å². The number of carbonyl (C=O) groups is 1. The molecule has 5 aliphatic carbocycles. The second kappa shape index (κ2) is 12.6. The molecule has 51 heavy (non-hydrogen) atoms. The van der Waals surface area contributed by atoms with Crippen molar-refractivity contribution < 1.29 is 22.7 Å². The third-order valence-corrected chi connectivity index (χ3v) is 19.2. The molecule has 1 heterocycles. The Morgan fingerprint density at radius 2 is 1.59 bits per heavy atom. The van der Waals surface area contributed by atoms with Crippen LogP contribution in [0.25, 0.3) is 5.57 Å². The van der Waals surface area contributed by atoms with Gasteiger partial charge in [0.1, 0.15) is 0 Å². The molecule has 1 aliphatic heterocycles. The van der Waals surface area contributed by atoms with Gasteiger partial charge in [0.25, 0.3) is 0 Å². The molecule has 6 nitrogen and oxygen atoms in total. The Hall–Kier alpha value is -1.77.